The number of hydrogen-bond donors (Lipinski definition) is 2. The van der Waals surface area contributed by atoms with Crippen molar-refractivity contribution in [1.82, 2.24) is 5.32 Å². The van der Waals surface area contributed by atoms with E-state index in [9.17, 15) is 4.79 Å². The molecule has 0 fully saturated rings. The van der Waals surface area contributed by atoms with Crippen molar-refractivity contribution in [3.63, 3.8) is 0 Å². The lowest BCUT2D eigenvalue weighted by Gasteiger charge is -2.12. The molecule has 3 nitrogen and oxygen atoms in total. The van der Waals surface area contributed by atoms with E-state index in [0.29, 0.717) is 5.56 Å². The third-order valence-electron chi connectivity index (χ3n) is 3.70. The van der Waals surface area contributed by atoms with Crippen LogP contribution >= 0.6 is 28.1 Å². The van der Waals surface area contributed by atoms with Gasteiger partial charge in [0.2, 0.25) is 0 Å². The fourth-order valence-electron chi connectivity index (χ4n) is 2.40. The van der Waals surface area contributed by atoms with Crippen LogP contribution in [0.25, 0.3) is 10.8 Å². The van der Waals surface area contributed by atoms with E-state index in [1.54, 1.807) is 12.1 Å². The van der Waals surface area contributed by atoms with Gasteiger partial charge in [0, 0.05) is 21.1 Å². The van der Waals surface area contributed by atoms with Crippen LogP contribution in [0.5, 0.6) is 0 Å². The van der Waals surface area contributed by atoms with Crippen LogP contribution in [0, 0.1) is 6.92 Å². The predicted molar refractivity (Wildman–Crippen MR) is 107 cm³/mol. The summed E-state index contributed by atoms with van der Waals surface area (Å²) < 4.78 is 0.892. The van der Waals surface area contributed by atoms with Gasteiger partial charge in [-0.1, -0.05) is 58.4 Å². The highest BCUT2D eigenvalue weighted by Gasteiger charge is 2.10. The first-order chi connectivity index (χ1) is 11.5. The summed E-state index contributed by atoms with van der Waals surface area (Å²) in [5.74, 6) is -0.242. The van der Waals surface area contributed by atoms with E-state index in [1.807, 2.05) is 55.5 Å². The quantitative estimate of drug-likeness (QED) is 0.594. The van der Waals surface area contributed by atoms with Gasteiger partial charge in [-0.25, -0.2) is 0 Å². The largest absolute Gasteiger partial charge is 0.332 e. The maximum absolute atomic E-state index is 12.3. The molecule has 5 heteroatoms. The monoisotopic (exact) mass is 398 g/mol. The first kappa shape index (κ1) is 16.6. The summed E-state index contributed by atoms with van der Waals surface area (Å²) in [6.45, 7) is 1.97. The van der Waals surface area contributed by atoms with Gasteiger partial charge in [-0.2, -0.15) is 0 Å². The molecular formula is C19H15BrN2OS. The minimum atomic E-state index is -0.242. The summed E-state index contributed by atoms with van der Waals surface area (Å²) in [7, 11) is 0. The van der Waals surface area contributed by atoms with Gasteiger partial charge in [0.25, 0.3) is 5.91 Å². The fourth-order valence-corrected chi connectivity index (χ4v) is 2.98. The Bertz CT molecular complexity index is 934. The first-order valence-corrected chi connectivity index (χ1v) is 8.61. The van der Waals surface area contributed by atoms with E-state index in [1.165, 1.54) is 0 Å². The molecule has 0 heterocycles. The maximum atomic E-state index is 12.3. The van der Waals surface area contributed by atoms with Gasteiger partial charge in [-0.15, -0.1) is 0 Å². The number of benzene rings is 3. The molecule has 0 radical (unpaired) electrons. The number of rotatable bonds is 2. The van der Waals surface area contributed by atoms with Crippen molar-refractivity contribution in [2.24, 2.45) is 0 Å². The van der Waals surface area contributed by atoms with Crippen molar-refractivity contribution < 1.29 is 4.79 Å². The Morgan fingerprint density at radius 2 is 1.79 bits per heavy atom. The second-order valence-corrected chi connectivity index (χ2v) is 6.66. The zero-order valence-corrected chi connectivity index (χ0v) is 15.4. The molecule has 24 heavy (non-hydrogen) atoms. The third kappa shape index (κ3) is 3.63. The third-order valence-corrected chi connectivity index (χ3v) is 4.76. The number of carbonyl (C=O) groups is 1. The number of halogens is 1. The van der Waals surface area contributed by atoms with Crippen LogP contribution in [-0.2, 0) is 0 Å². The number of carbonyl (C=O) groups excluding carboxylic acids is 1. The minimum absolute atomic E-state index is 0.242. The highest BCUT2D eigenvalue weighted by molar-refractivity contribution is 9.10. The Morgan fingerprint density at radius 1 is 1.04 bits per heavy atom. The molecule has 0 atom stereocenters. The van der Waals surface area contributed by atoms with Crippen molar-refractivity contribution >= 4 is 55.6 Å². The average molecular weight is 399 g/mol. The molecule has 0 unspecified atom stereocenters. The summed E-state index contributed by atoms with van der Waals surface area (Å²) in [6.07, 6.45) is 0. The van der Waals surface area contributed by atoms with Gasteiger partial charge in [-0.05, 0) is 48.3 Å². The van der Waals surface area contributed by atoms with Crippen LogP contribution in [0.3, 0.4) is 0 Å². The molecular weight excluding hydrogens is 384 g/mol. The van der Waals surface area contributed by atoms with Gasteiger partial charge in [0.1, 0.15) is 0 Å². The normalized spacial score (nSPS) is 10.4. The molecule has 2 N–H and O–H groups in total. The number of amides is 1. The zero-order valence-electron chi connectivity index (χ0n) is 13.0. The Hall–Kier alpha value is -2.24. The molecule has 3 rings (SSSR count). The van der Waals surface area contributed by atoms with Gasteiger partial charge in [0.15, 0.2) is 5.11 Å². The molecule has 0 aliphatic carbocycles. The zero-order chi connectivity index (χ0) is 17.1. The number of fused-ring (bicyclic) bond motifs is 1. The van der Waals surface area contributed by atoms with E-state index in [2.05, 4.69) is 26.6 Å². The Kier molecular flexibility index (Phi) is 4.92. The molecule has 3 aromatic carbocycles. The lowest BCUT2D eigenvalue weighted by molar-refractivity contribution is 0.0977. The van der Waals surface area contributed by atoms with Gasteiger partial charge in [-0.3, -0.25) is 10.1 Å². The molecule has 0 saturated carbocycles. The summed E-state index contributed by atoms with van der Waals surface area (Å²) >= 11 is 8.71. The smallest absolute Gasteiger partial charge is 0.257 e. The van der Waals surface area contributed by atoms with Crippen molar-refractivity contribution in [3.05, 3.63) is 76.3 Å². The Balaban J connectivity index is 1.75. The molecule has 120 valence electrons. The van der Waals surface area contributed by atoms with Crippen LogP contribution < -0.4 is 10.6 Å². The number of nitrogens with one attached hydrogen (secondary N) is 2. The first-order valence-electron chi connectivity index (χ1n) is 7.41. The maximum Gasteiger partial charge on any atom is 0.257 e. The second kappa shape index (κ2) is 7.11. The standard InChI is InChI=1S/C19H15BrN2OS/c1-12-9-10-14(11-16(12)20)18(23)22-19(24)21-17-8-4-6-13-5-2-3-7-15(13)17/h2-11H,1H3,(H2,21,22,23,24). The van der Waals surface area contributed by atoms with E-state index in [-0.39, 0.29) is 11.0 Å². The van der Waals surface area contributed by atoms with Crippen LogP contribution in [-0.4, -0.2) is 11.0 Å². The minimum Gasteiger partial charge on any atom is -0.332 e. The lowest BCUT2D eigenvalue weighted by atomic mass is 10.1. The summed E-state index contributed by atoms with van der Waals surface area (Å²) in [4.78, 5) is 12.3. The van der Waals surface area contributed by atoms with E-state index in [4.69, 9.17) is 12.2 Å². The molecule has 1 amide bonds. The van der Waals surface area contributed by atoms with Crippen molar-refractivity contribution in [2.75, 3.05) is 5.32 Å². The van der Waals surface area contributed by atoms with E-state index < -0.39 is 0 Å². The average Bonchev–Trinajstić information content (AvgIpc) is 2.57. The molecule has 0 saturated heterocycles. The lowest BCUT2D eigenvalue weighted by Crippen LogP contribution is -2.34. The molecule has 0 aliphatic heterocycles. The van der Waals surface area contributed by atoms with Crippen molar-refractivity contribution in [3.8, 4) is 0 Å². The van der Waals surface area contributed by atoms with Crippen LogP contribution in [0.2, 0.25) is 0 Å². The van der Waals surface area contributed by atoms with Crippen LogP contribution in [0.15, 0.2) is 65.1 Å². The van der Waals surface area contributed by atoms with Gasteiger partial charge >= 0.3 is 0 Å². The molecule has 0 bridgehead atoms. The number of aryl methyl sites for hydroxylation is 1. The number of hydrogen-bond acceptors (Lipinski definition) is 2. The highest BCUT2D eigenvalue weighted by atomic mass is 79.9. The predicted octanol–water partition coefficient (Wildman–Crippen LogP) is 5.04. The number of thiocarbonyl (C=S) groups is 1. The van der Waals surface area contributed by atoms with Crippen molar-refractivity contribution in [2.45, 2.75) is 6.92 Å². The summed E-state index contributed by atoms with van der Waals surface area (Å²) in [5.41, 5.74) is 2.49. The second-order valence-electron chi connectivity index (χ2n) is 5.40. The SMILES string of the molecule is Cc1ccc(C(=O)NC(=S)Nc2cccc3ccccc23)cc1Br. The fraction of sp³-hybridized carbons (Fsp3) is 0.0526. The Labute approximate surface area is 154 Å². The molecule has 0 spiro atoms. The molecule has 3 aromatic rings. The van der Waals surface area contributed by atoms with Crippen molar-refractivity contribution in [1.29, 1.82) is 0 Å². The van der Waals surface area contributed by atoms with Gasteiger partial charge in [0.05, 0.1) is 0 Å². The topological polar surface area (TPSA) is 41.1 Å². The highest BCUT2D eigenvalue weighted by Crippen LogP contribution is 2.23. The molecule has 0 aliphatic rings. The molecule has 0 aromatic heterocycles. The van der Waals surface area contributed by atoms with Crippen LogP contribution in [0.4, 0.5) is 5.69 Å². The van der Waals surface area contributed by atoms with E-state index in [0.717, 1.165) is 26.5 Å². The summed E-state index contributed by atoms with van der Waals surface area (Å²) in [5, 5.41) is 8.25. The Morgan fingerprint density at radius 3 is 2.58 bits per heavy atom. The summed E-state index contributed by atoms with van der Waals surface area (Å²) in [6, 6.07) is 19.4. The van der Waals surface area contributed by atoms with Gasteiger partial charge < -0.3 is 5.32 Å². The van der Waals surface area contributed by atoms with E-state index >= 15 is 0 Å². The van der Waals surface area contributed by atoms with Crippen LogP contribution in [0.1, 0.15) is 15.9 Å². The number of anilines is 1.